The highest BCUT2D eigenvalue weighted by Crippen LogP contribution is 2.53. The zero-order chi connectivity index (χ0) is 17.2. The van der Waals surface area contributed by atoms with Gasteiger partial charge in [0.15, 0.2) is 0 Å². The number of nitrogens with zero attached hydrogens (tertiary/aromatic N) is 1. The van der Waals surface area contributed by atoms with Crippen molar-refractivity contribution in [3.8, 4) is 0 Å². The number of aromatic carboxylic acids is 1. The van der Waals surface area contributed by atoms with Crippen molar-refractivity contribution in [2.45, 2.75) is 32.4 Å². The van der Waals surface area contributed by atoms with Crippen molar-refractivity contribution in [1.82, 2.24) is 4.90 Å². The molecule has 126 valence electrons. The number of carboxylic acids is 1. The smallest absolute Gasteiger partial charge is 0.336 e. The van der Waals surface area contributed by atoms with E-state index in [1.807, 2.05) is 24.8 Å². The van der Waals surface area contributed by atoms with E-state index in [1.165, 1.54) is 11.3 Å². The molecular weight excluding hydrogens is 326 g/mol. The molecule has 2 fully saturated rings. The molecule has 0 bridgehead atoms. The van der Waals surface area contributed by atoms with Gasteiger partial charge in [-0.25, -0.2) is 4.79 Å². The molecule has 1 aliphatic heterocycles. The first kappa shape index (κ1) is 15.6. The number of fused-ring (bicyclic) bond motifs is 2. The molecule has 1 saturated carbocycles. The van der Waals surface area contributed by atoms with Gasteiger partial charge in [0.2, 0.25) is 0 Å². The maximum atomic E-state index is 13.0. The molecule has 4 rings (SSSR count). The number of aliphatic hydroxyl groups excluding tert-OH is 1. The molecule has 0 radical (unpaired) electrons. The average molecular weight is 345 g/mol. The van der Waals surface area contributed by atoms with Crippen molar-refractivity contribution < 1.29 is 19.8 Å². The number of aliphatic hydroxyl groups is 1. The number of likely N-dealkylation sites (tertiary alicyclic amines) is 1. The number of amides is 1. The summed E-state index contributed by atoms with van der Waals surface area (Å²) in [4.78, 5) is 26.8. The zero-order valence-corrected chi connectivity index (χ0v) is 14.3. The van der Waals surface area contributed by atoms with Crippen LogP contribution in [0.1, 0.15) is 40.3 Å². The summed E-state index contributed by atoms with van der Waals surface area (Å²) in [5, 5.41) is 20.1. The molecule has 1 aliphatic carbocycles. The van der Waals surface area contributed by atoms with Crippen LogP contribution in [-0.2, 0) is 0 Å². The van der Waals surface area contributed by atoms with Crippen molar-refractivity contribution in [2.24, 2.45) is 11.3 Å². The first-order valence-electron chi connectivity index (χ1n) is 8.07. The molecular formula is C18H19NO4S. The minimum absolute atomic E-state index is 0.0555. The van der Waals surface area contributed by atoms with Gasteiger partial charge in [0.1, 0.15) is 0 Å². The molecule has 1 aromatic heterocycles. The van der Waals surface area contributed by atoms with E-state index in [0.717, 1.165) is 11.1 Å². The second kappa shape index (κ2) is 5.04. The summed E-state index contributed by atoms with van der Waals surface area (Å²) in [5.41, 5.74) is -0.0683. The van der Waals surface area contributed by atoms with E-state index in [0.29, 0.717) is 16.8 Å². The van der Waals surface area contributed by atoms with Crippen LogP contribution >= 0.6 is 11.3 Å². The summed E-state index contributed by atoms with van der Waals surface area (Å²) in [7, 11) is 0. The summed E-state index contributed by atoms with van der Waals surface area (Å²) >= 11 is 1.34. The van der Waals surface area contributed by atoms with Crippen molar-refractivity contribution in [1.29, 1.82) is 0 Å². The molecule has 1 aromatic carbocycles. The van der Waals surface area contributed by atoms with Gasteiger partial charge in [-0.1, -0.05) is 19.9 Å². The van der Waals surface area contributed by atoms with Crippen molar-refractivity contribution in [2.75, 3.05) is 6.54 Å². The lowest BCUT2D eigenvalue weighted by atomic mass is 9.58. The summed E-state index contributed by atoms with van der Waals surface area (Å²) in [6.45, 7) is 4.64. The second-order valence-corrected chi connectivity index (χ2v) is 8.38. The van der Waals surface area contributed by atoms with Crippen LogP contribution in [0.5, 0.6) is 0 Å². The van der Waals surface area contributed by atoms with Crippen LogP contribution in [0.25, 0.3) is 10.1 Å². The Balaban J connectivity index is 1.70. The monoisotopic (exact) mass is 345 g/mol. The molecule has 1 saturated heterocycles. The van der Waals surface area contributed by atoms with Gasteiger partial charge in [-0.05, 0) is 24.6 Å². The molecule has 0 spiro atoms. The van der Waals surface area contributed by atoms with Crippen LogP contribution in [0.3, 0.4) is 0 Å². The number of carbonyl (C=O) groups is 2. The van der Waals surface area contributed by atoms with Crippen LogP contribution < -0.4 is 0 Å². The molecule has 6 heteroatoms. The number of hydrogen-bond acceptors (Lipinski definition) is 4. The fourth-order valence-electron chi connectivity index (χ4n) is 4.43. The fraction of sp³-hybridized carbons (Fsp3) is 0.444. The lowest BCUT2D eigenvalue weighted by Gasteiger charge is -2.55. The highest BCUT2D eigenvalue weighted by molar-refractivity contribution is 7.20. The number of benzene rings is 1. The van der Waals surface area contributed by atoms with E-state index in [9.17, 15) is 19.8 Å². The summed E-state index contributed by atoms with van der Waals surface area (Å²) in [5.74, 6) is -0.880. The topological polar surface area (TPSA) is 77.8 Å². The van der Waals surface area contributed by atoms with E-state index in [1.54, 1.807) is 18.2 Å². The highest BCUT2D eigenvalue weighted by Gasteiger charge is 2.61. The number of rotatable bonds is 2. The zero-order valence-electron chi connectivity index (χ0n) is 13.5. The standard InChI is InChI=1S/C18H19NO4S/c1-18(2)14-10(15(18)20)6-7-19(14)16(21)13-8-11-9(17(22)23)4-3-5-12(11)24-13/h3-5,8,10,14-15,20H,6-7H2,1-2H3,(H,22,23)/t10-,14+,15+/m1/s1. The van der Waals surface area contributed by atoms with Crippen molar-refractivity contribution >= 4 is 33.3 Å². The Morgan fingerprint density at radius 1 is 1.33 bits per heavy atom. The first-order valence-corrected chi connectivity index (χ1v) is 8.89. The third-order valence-corrected chi connectivity index (χ3v) is 6.73. The highest BCUT2D eigenvalue weighted by atomic mass is 32.1. The third kappa shape index (κ3) is 1.96. The molecule has 2 aliphatic rings. The van der Waals surface area contributed by atoms with Gasteiger partial charge >= 0.3 is 5.97 Å². The molecule has 5 nitrogen and oxygen atoms in total. The Hall–Kier alpha value is -1.92. The molecule has 24 heavy (non-hydrogen) atoms. The van der Waals surface area contributed by atoms with Gasteiger partial charge in [0.05, 0.1) is 16.5 Å². The number of carbonyl (C=O) groups excluding carboxylic acids is 1. The predicted octanol–water partition coefficient (Wildman–Crippen LogP) is 2.83. The third-order valence-electron chi connectivity index (χ3n) is 5.64. The van der Waals surface area contributed by atoms with Gasteiger partial charge in [0, 0.05) is 34.0 Å². The molecule has 1 amide bonds. The summed E-state index contributed by atoms with van der Waals surface area (Å²) in [6, 6.07) is 6.86. The molecule has 0 unspecified atom stereocenters. The fourth-order valence-corrected chi connectivity index (χ4v) is 5.47. The largest absolute Gasteiger partial charge is 0.478 e. The van der Waals surface area contributed by atoms with Crippen molar-refractivity contribution in [3.05, 3.63) is 34.7 Å². The maximum Gasteiger partial charge on any atom is 0.336 e. The quantitative estimate of drug-likeness (QED) is 0.877. The van der Waals surface area contributed by atoms with Crippen molar-refractivity contribution in [3.63, 3.8) is 0 Å². The Labute approximate surface area is 143 Å². The molecule has 2 N–H and O–H groups in total. The molecule has 2 aromatic rings. The van der Waals surface area contributed by atoms with Crippen LogP contribution in [0.15, 0.2) is 24.3 Å². The molecule has 3 atom stereocenters. The summed E-state index contributed by atoms with van der Waals surface area (Å²) in [6.07, 6.45) is 0.466. The predicted molar refractivity (Wildman–Crippen MR) is 91.5 cm³/mol. The van der Waals surface area contributed by atoms with Crippen LogP contribution in [-0.4, -0.2) is 45.7 Å². The lowest BCUT2D eigenvalue weighted by molar-refractivity contribution is -0.135. The van der Waals surface area contributed by atoms with Crippen LogP contribution in [0.4, 0.5) is 0 Å². The number of hydrogen-bond donors (Lipinski definition) is 2. The van der Waals surface area contributed by atoms with Gasteiger partial charge in [-0.15, -0.1) is 11.3 Å². The Kier molecular flexibility index (Phi) is 3.27. The van der Waals surface area contributed by atoms with E-state index >= 15 is 0 Å². The average Bonchev–Trinajstić information content (AvgIpc) is 3.16. The van der Waals surface area contributed by atoms with Gasteiger partial charge in [0.25, 0.3) is 5.91 Å². The Morgan fingerprint density at radius 3 is 2.79 bits per heavy atom. The number of thiophene rings is 1. The minimum atomic E-state index is -0.984. The maximum absolute atomic E-state index is 13.0. The normalized spacial score (nSPS) is 27.8. The minimum Gasteiger partial charge on any atom is -0.478 e. The Bertz CT molecular complexity index is 856. The first-order chi connectivity index (χ1) is 11.3. The molecule has 2 heterocycles. The number of carboxylic acid groups (broad SMARTS) is 1. The van der Waals surface area contributed by atoms with E-state index in [-0.39, 0.29) is 34.9 Å². The SMILES string of the molecule is CC1(C)[C@@H]2[C@@H](CCN2C(=O)c2cc3c(C(=O)O)cccc3s2)[C@@H]1O. The van der Waals surface area contributed by atoms with E-state index < -0.39 is 5.97 Å². The van der Waals surface area contributed by atoms with Crippen LogP contribution in [0.2, 0.25) is 0 Å². The van der Waals surface area contributed by atoms with E-state index in [2.05, 4.69) is 0 Å². The van der Waals surface area contributed by atoms with Crippen LogP contribution in [0, 0.1) is 11.3 Å². The summed E-state index contributed by atoms with van der Waals surface area (Å²) < 4.78 is 0.807. The van der Waals surface area contributed by atoms with Gasteiger partial charge < -0.3 is 15.1 Å². The van der Waals surface area contributed by atoms with Gasteiger partial charge in [-0.3, -0.25) is 4.79 Å². The second-order valence-electron chi connectivity index (χ2n) is 7.30. The lowest BCUT2D eigenvalue weighted by Crippen LogP contribution is -2.64. The van der Waals surface area contributed by atoms with E-state index in [4.69, 9.17) is 0 Å². The Morgan fingerprint density at radius 2 is 2.08 bits per heavy atom. The van der Waals surface area contributed by atoms with Gasteiger partial charge in [-0.2, -0.15) is 0 Å².